The number of hydrogen-bond acceptors (Lipinski definition) is 7. The highest BCUT2D eigenvalue weighted by molar-refractivity contribution is 5.60. The first-order chi connectivity index (χ1) is 14.2. The van der Waals surface area contributed by atoms with Crippen LogP contribution in [0.25, 0.3) is 0 Å². The molecule has 0 saturated heterocycles. The van der Waals surface area contributed by atoms with Gasteiger partial charge in [-0.15, -0.1) is 0 Å². The third-order valence-electron chi connectivity index (χ3n) is 4.94. The third kappa shape index (κ3) is 4.57. The molecule has 3 aromatic rings. The lowest BCUT2D eigenvalue weighted by Gasteiger charge is -2.22. The van der Waals surface area contributed by atoms with E-state index in [-0.39, 0.29) is 0 Å². The highest BCUT2D eigenvalue weighted by atomic mass is 16.5. The molecular weight excluding hydrogens is 366 g/mol. The molecule has 0 bridgehead atoms. The van der Waals surface area contributed by atoms with Crippen LogP contribution in [-0.4, -0.2) is 42.2 Å². The van der Waals surface area contributed by atoms with E-state index < -0.39 is 0 Å². The van der Waals surface area contributed by atoms with Crippen molar-refractivity contribution >= 4 is 17.2 Å². The molecule has 1 aliphatic heterocycles. The van der Waals surface area contributed by atoms with Crippen molar-refractivity contribution in [2.45, 2.75) is 13.1 Å². The standard InChI is InChI=1S/C22H25N5O2/c1-28-19-5-6-21(29-2)17(10-19)15-27-9-8-24-20-13-25-22(11-16(20)14-27)26-18-4-3-7-23-12-18/h3-7,10-13,24H,8-9,14-15H2,1-2H3,(H,25,26). The van der Waals surface area contributed by atoms with Gasteiger partial charge < -0.3 is 20.1 Å². The van der Waals surface area contributed by atoms with E-state index in [1.165, 1.54) is 5.56 Å². The minimum atomic E-state index is 0.773. The summed E-state index contributed by atoms with van der Waals surface area (Å²) in [5.74, 6) is 2.51. The summed E-state index contributed by atoms with van der Waals surface area (Å²) in [7, 11) is 3.38. The minimum Gasteiger partial charge on any atom is -0.497 e. The highest BCUT2D eigenvalue weighted by Crippen LogP contribution is 2.28. The van der Waals surface area contributed by atoms with Crippen LogP contribution >= 0.6 is 0 Å². The van der Waals surface area contributed by atoms with E-state index in [1.54, 1.807) is 26.6 Å². The molecule has 7 nitrogen and oxygen atoms in total. The van der Waals surface area contributed by atoms with Crippen LogP contribution in [-0.2, 0) is 13.1 Å². The van der Waals surface area contributed by atoms with Crippen LogP contribution in [0, 0.1) is 0 Å². The molecule has 0 saturated carbocycles. The number of methoxy groups -OCH3 is 2. The van der Waals surface area contributed by atoms with Gasteiger partial charge in [-0.25, -0.2) is 4.98 Å². The summed E-state index contributed by atoms with van der Waals surface area (Å²) >= 11 is 0. The summed E-state index contributed by atoms with van der Waals surface area (Å²) in [6, 6.07) is 11.9. The predicted octanol–water partition coefficient (Wildman–Crippen LogP) is 3.67. The number of anilines is 3. The van der Waals surface area contributed by atoms with E-state index in [1.807, 2.05) is 36.5 Å². The summed E-state index contributed by atoms with van der Waals surface area (Å²) in [6.45, 7) is 3.36. The number of ether oxygens (including phenoxy) is 2. The fraction of sp³-hybridized carbons (Fsp3) is 0.273. The fourth-order valence-corrected chi connectivity index (χ4v) is 3.49. The summed E-state index contributed by atoms with van der Waals surface area (Å²) in [5.41, 5.74) is 4.30. The number of rotatable bonds is 6. The minimum absolute atomic E-state index is 0.773. The van der Waals surface area contributed by atoms with Crippen LogP contribution in [0.1, 0.15) is 11.1 Å². The molecule has 1 aliphatic rings. The molecule has 0 spiro atoms. The van der Waals surface area contributed by atoms with Crippen LogP contribution in [0.2, 0.25) is 0 Å². The van der Waals surface area contributed by atoms with Crippen LogP contribution in [0.5, 0.6) is 11.5 Å². The number of aromatic nitrogens is 2. The van der Waals surface area contributed by atoms with Gasteiger partial charge in [0, 0.05) is 37.9 Å². The molecule has 7 heteroatoms. The van der Waals surface area contributed by atoms with Gasteiger partial charge in [0.25, 0.3) is 0 Å². The zero-order valence-electron chi connectivity index (χ0n) is 16.7. The molecule has 1 aromatic carbocycles. The maximum absolute atomic E-state index is 5.55. The predicted molar refractivity (Wildman–Crippen MR) is 114 cm³/mol. The molecule has 0 atom stereocenters. The van der Waals surface area contributed by atoms with Crippen LogP contribution in [0.4, 0.5) is 17.2 Å². The lowest BCUT2D eigenvalue weighted by Crippen LogP contribution is -2.25. The molecule has 2 N–H and O–H groups in total. The summed E-state index contributed by atoms with van der Waals surface area (Å²) < 4.78 is 10.9. The van der Waals surface area contributed by atoms with Gasteiger partial charge in [-0.05, 0) is 42.0 Å². The maximum Gasteiger partial charge on any atom is 0.130 e. The largest absolute Gasteiger partial charge is 0.497 e. The molecule has 0 unspecified atom stereocenters. The second kappa shape index (κ2) is 8.79. The van der Waals surface area contributed by atoms with Gasteiger partial charge in [0.1, 0.15) is 17.3 Å². The van der Waals surface area contributed by atoms with Crippen molar-refractivity contribution in [1.82, 2.24) is 14.9 Å². The van der Waals surface area contributed by atoms with Crippen molar-refractivity contribution in [2.75, 3.05) is 37.9 Å². The summed E-state index contributed by atoms with van der Waals surface area (Å²) in [5, 5.41) is 6.80. The zero-order valence-corrected chi connectivity index (χ0v) is 16.7. The second-order valence-corrected chi connectivity index (χ2v) is 6.91. The average Bonchev–Trinajstić information content (AvgIpc) is 2.95. The average molecular weight is 391 g/mol. The Balaban J connectivity index is 1.54. The van der Waals surface area contributed by atoms with Crippen molar-refractivity contribution in [3.63, 3.8) is 0 Å². The first-order valence-electron chi connectivity index (χ1n) is 9.58. The SMILES string of the molecule is COc1ccc(OC)c(CN2CCNc3cnc(Nc4cccnc4)cc3C2)c1. The number of nitrogens with zero attached hydrogens (tertiary/aromatic N) is 3. The molecule has 150 valence electrons. The molecule has 0 radical (unpaired) electrons. The summed E-state index contributed by atoms with van der Waals surface area (Å²) in [6.07, 6.45) is 5.43. The normalized spacial score (nSPS) is 13.7. The number of hydrogen-bond donors (Lipinski definition) is 2. The zero-order chi connectivity index (χ0) is 20.1. The molecule has 0 amide bonds. The highest BCUT2D eigenvalue weighted by Gasteiger charge is 2.17. The summed E-state index contributed by atoms with van der Waals surface area (Å²) in [4.78, 5) is 11.1. The van der Waals surface area contributed by atoms with Gasteiger partial charge in [0.15, 0.2) is 0 Å². The van der Waals surface area contributed by atoms with Crippen LogP contribution in [0.15, 0.2) is 55.0 Å². The first-order valence-corrected chi connectivity index (χ1v) is 9.58. The Morgan fingerprint density at radius 1 is 1.14 bits per heavy atom. The lowest BCUT2D eigenvalue weighted by molar-refractivity contribution is 0.266. The van der Waals surface area contributed by atoms with Gasteiger partial charge in [0.2, 0.25) is 0 Å². The molecule has 2 aromatic heterocycles. The topological polar surface area (TPSA) is 71.5 Å². The number of pyridine rings is 2. The lowest BCUT2D eigenvalue weighted by atomic mass is 10.1. The Morgan fingerprint density at radius 3 is 2.86 bits per heavy atom. The second-order valence-electron chi connectivity index (χ2n) is 6.91. The molecule has 3 heterocycles. The Hall–Kier alpha value is -3.32. The fourth-order valence-electron chi connectivity index (χ4n) is 3.49. The van der Waals surface area contributed by atoms with E-state index in [0.29, 0.717) is 0 Å². The van der Waals surface area contributed by atoms with E-state index in [9.17, 15) is 0 Å². The molecular formula is C22H25N5O2. The molecule has 29 heavy (non-hydrogen) atoms. The third-order valence-corrected chi connectivity index (χ3v) is 4.94. The van der Waals surface area contributed by atoms with Gasteiger partial charge in [0.05, 0.1) is 38.0 Å². The van der Waals surface area contributed by atoms with Gasteiger partial charge in [-0.1, -0.05) is 0 Å². The van der Waals surface area contributed by atoms with Crippen LogP contribution < -0.4 is 20.1 Å². The van der Waals surface area contributed by atoms with Crippen molar-refractivity contribution in [3.8, 4) is 11.5 Å². The number of benzene rings is 1. The Kier molecular flexibility index (Phi) is 5.76. The Labute approximate surface area is 170 Å². The van der Waals surface area contributed by atoms with E-state index in [0.717, 1.165) is 60.4 Å². The monoisotopic (exact) mass is 391 g/mol. The Bertz CT molecular complexity index is 965. The number of nitrogens with one attached hydrogen (secondary N) is 2. The van der Waals surface area contributed by atoms with Crippen molar-refractivity contribution < 1.29 is 9.47 Å². The molecule has 0 aliphatic carbocycles. The van der Waals surface area contributed by atoms with E-state index in [2.05, 4.69) is 31.6 Å². The smallest absolute Gasteiger partial charge is 0.130 e. The van der Waals surface area contributed by atoms with Crippen LogP contribution in [0.3, 0.4) is 0 Å². The first kappa shape index (κ1) is 19.0. The Morgan fingerprint density at radius 2 is 2.07 bits per heavy atom. The van der Waals surface area contributed by atoms with Gasteiger partial charge in [-0.2, -0.15) is 0 Å². The quantitative estimate of drug-likeness (QED) is 0.664. The van der Waals surface area contributed by atoms with Gasteiger partial charge >= 0.3 is 0 Å². The van der Waals surface area contributed by atoms with E-state index >= 15 is 0 Å². The molecule has 0 fully saturated rings. The molecule has 4 rings (SSSR count). The van der Waals surface area contributed by atoms with Gasteiger partial charge in [-0.3, -0.25) is 9.88 Å². The maximum atomic E-state index is 5.55. The number of fused-ring (bicyclic) bond motifs is 1. The van der Waals surface area contributed by atoms with Crippen molar-refractivity contribution in [1.29, 1.82) is 0 Å². The van der Waals surface area contributed by atoms with Crippen molar-refractivity contribution in [2.24, 2.45) is 0 Å². The van der Waals surface area contributed by atoms with Crippen molar-refractivity contribution in [3.05, 3.63) is 66.1 Å². The van der Waals surface area contributed by atoms with E-state index in [4.69, 9.17) is 9.47 Å².